The van der Waals surface area contributed by atoms with Crippen LogP contribution in [0.5, 0.6) is 0 Å². The van der Waals surface area contributed by atoms with Crippen LogP contribution >= 0.6 is 11.3 Å². The molecule has 0 bridgehead atoms. The molecule has 1 unspecified atom stereocenters. The molecule has 0 amide bonds. The number of anilines is 2. The van der Waals surface area contributed by atoms with E-state index in [0.29, 0.717) is 5.92 Å². The van der Waals surface area contributed by atoms with E-state index in [1.54, 1.807) is 11.3 Å². The number of nitrogens with zero attached hydrogens (tertiary/aromatic N) is 3. The first-order chi connectivity index (χ1) is 9.26. The van der Waals surface area contributed by atoms with E-state index in [2.05, 4.69) is 51.6 Å². The van der Waals surface area contributed by atoms with Gasteiger partial charge < -0.3 is 10.2 Å². The van der Waals surface area contributed by atoms with Gasteiger partial charge in [0.25, 0.3) is 0 Å². The first-order valence-electron chi connectivity index (χ1n) is 6.59. The SMILES string of the molecule is CNc1nnc(CN2CC(C)Cc3ccccc32)s1. The lowest BCUT2D eigenvalue weighted by Crippen LogP contribution is -2.33. The van der Waals surface area contributed by atoms with E-state index in [-0.39, 0.29) is 0 Å². The fourth-order valence-corrected chi connectivity index (χ4v) is 3.35. The molecule has 100 valence electrons. The van der Waals surface area contributed by atoms with Gasteiger partial charge in [-0.3, -0.25) is 0 Å². The molecule has 0 radical (unpaired) electrons. The normalized spacial score (nSPS) is 18.2. The van der Waals surface area contributed by atoms with Crippen LogP contribution in [0.1, 0.15) is 17.5 Å². The summed E-state index contributed by atoms with van der Waals surface area (Å²) >= 11 is 1.63. The van der Waals surface area contributed by atoms with E-state index < -0.39 is 0 Å². The van der Waals surface area contributed by atoms with Crippen LogP contribution in [0.4, 0.5) is 10.8 Å². The molecule has 19 heavy (non-hydrogen) atoms. The van der Waals surface area contributed by atoms with Crippen molar-refractivity contribution in [3.8, 4) is 0 Å². The highest BCUT2D eigenvalue weighted by atomic mass is 32.1. The van der Waals surface area contributed by atoms with Gasteiger partial charge in [-0.05, 0) is 24.0 Å². The Hall–Kier alpha value is -1.62. The molecule has 3 rings (SSSR count). The molecule has 1 N–H and O–H groups in total. The van der Waals surface area contributed by atoms with Gasteiger partial charge in [-0.2, -0.15) is 0 Å². The van der Waals surface area contributed by atoms with Crippen LogP contribution in [-0.4, -0.2) is 23.8 Å². The third-order valence-electron chi connectivity index (χ3n) is 3.44. The molecule has 4 nitrogen and oxygen atoms in total. The van der Waals surface area contributed by atoms with Gasteiger partial charge in [-0.15, -0.1) is 10.2 Å². The molecule has 1 aliphatic rings. The fourth-order valence-electron chi connectivity index (χ4n) is 2.64. The molecule has 0 aliphatic carbocycles. The van der Waals surface area contributed by atoms with Crippen molar-refractivity contribution in [2.24, 2.45) is 5.92 Å². The quantitative estimate of drug-likeness (QED) is 0.934. The number of fused-ring (bicyclic) bond motifs is 1. The van der Waals surface area contributed by atoms with E-state index in [4.69, 9.17) is 0 Å². The Balaban J connectivity index is 1.84. The first-order valence-corrected chi connectivity index (χ1v) is 7.41. The second kappa shape index (κ2) is 5.17. The summed E-state index contributed by atoms with van der Waals surface area (Å²) in [4.78, 5) is 2.42. The van der Waals surface area contributed by atoms with E-state index in [1.807, 2.05) is 7.05 Å². The Morgan fingerprint density at radius 3 is 3.00 bits per heavy atom. The Labute approximate surface area is 117 Å². The van der Waals surface area contributed by atoms with Gasteiger partial charge in [0.1, 0.15) is 5.01 Å². The van der Waals surface area contributed by atoms with E-state index >= 15 is 0 Å². The lowest BCUT2D eigenvalue weighted by Gasteiger charge is -2.34. The zero-order valence-corrected chi connectivity index (χ0v) is 12.1. The van der Waals surface area contributed by atoms with Crippen molar-refractivity contribution in [2.75, 3.05) is 23.8 Å². The van der Waals surface area contributed by atoms with Crippen molar-refractivity contribution in [1.82, 2.24) is 10.2 Å². The summed E-state index contributed by atoms with van der Waals surface area (Å²) in [5.41, 5.74) is 2.79. The van der Waals surface area contributed by atoms with Gasteiger partial charge in [0.05, 0.1) is 6.54 Å². The molecule has 5 heteroatoms. The van der Waals surface area contributed by atoms with Crippen molar-refractivity contribution in [3.05, 3.63) is 34.8 Å². The Morgan fingerprint density at radius 1 is 1.37 bits per heavy atom. The first kappa shape index (κ1) is 12.4. The molecule has 1 aromatic heterocycles. The number of benzene rings is 1. The number of hydrogen-bond donors (Lipinski definition) is 1. The molecule has 0 saturated carbocycles. The van der Waals surface area contributed by atoms with Crippen LogP contribution in [0.3, 0.4) is 0 Å². The maximum atomic E-state index is 4.24. The van der Waals surface area contributed by atoms with Gasteiger partial charge in [-0.1, -0.05) is 36.5 Å². The van der Waals surface area contributed by atoms with Gasteiger partial charge >= 0.3 is 0 Å². The number of aromatic nitrogens is 2. The van der Waals surface area contributed by atoms with Gasteiger partial charge in [0, 0.05) is 19.3 Å². The smallest absolute Gasteiger partial charge is 0.205 e. The zero-order valence-electron chi connectivity index (χ0n) is 11.3. The number of para-hydroxylation sites is 1. The average Bonchev–Trinajstić information content (AvgIpc) is 2.86. The summed E-state index contributed by atoms with van der Waals surface area (Å²) in [5.74, 6) is 0.687. The van der Waals surface area contributed by atoms with E-state index in [1.165, 1.54) is 17.7 Å². The molecular formula is C14H18N4S. The minimum Gasteiger partial charge on any atom is -0.364 e. The Kier molecular flexibility index (Phi) is 3.38. The zero-order chi connectivity index (χ0) is 13.2. The molecule has 2 heterocycles. The number of nitrogens with one attached hydrogen (secondary N) is 1. The van der Waals surface area contributed by atoms with Crippen LogP contribution in [0.15, 0.2) is 24.3 Å². The highest BCUT2D eigenvalue weighted by molar-refractivity contribution is 7.15. The summed E-state index contributed by atoms with van der Waals surface area (Å²) in [5, 5.41) is 13.3. The van der Waals surface area contributed by atoms with Gasteiger partial charge in [-0.25, -0.2) is 0 Å². The van der Waals surface area contributed by atoms with Gasteiger partial charge in [0.15, 0.2) is 0 Å². The maximum Gasteiger partial charge on any atom is 0.205 e. The summed E-state index contributed by atoms with van der Waals surface area (Å²) in [6.45, 7) is 4.24. The van der Waals surface area contributed by atoms with Crippen molar-refractivity contribution in [1.29, 1.82) is 0 Å². The topological polar surface area (TPSA) is 41.1 Å². The second-order valence-corrected chi connectivity index (χ2v) is 6.13. The third-order valence-corrected chi connectivity index (χ3v) is 4.37. The van der Waals surface area contributed by atoms with Crippen LogP contribution < -0.4 is 10.2 Å². The summed E-state index contributed by atoms with van der Waals surface area (Å²) in [6, 6.07) is 8.68. The third kappa shape index (κ3) is 2.56. The van der Waals surface area contributed by atoms with Crippen LogP contribution in [-0.2, 0) is 13.0 Å². The van der Waals surface area contributed by atoms with Crippen molar-refractivity contribution < 1.29 is 0 Å². The molecule has 1 aromatic carbocycles. The molecule has 0 saturated heterocycles. The monoisotopic (exact) mass is 274 g/mol. The lowest BCUT2D eigenvalue weighted by atomic mass is 9.94. The average molecular weight is 274 g/mol. The summed E-state index contributed by atoms with van der Waals surface area (Å²) in [7, 11) is 1.88. The Morgan fingerprint density at radius 2 is 2.21 bits per heavy atom. The minimum atomic E-state index is 0.687. The standard InChI is InChI=1S/C14H18N4S/c1-10-7-11-5-3-4-6-12(11)18(8-10)9-13-16-17-14(15-2)19-13/h3-6,10H,7-9H2,1-2H3,(H,15,17). The highest BCUT2D eigenvalue weighted by Gasteiger charge is 2.22. The van der Waals surface area contributed by atoms with Gasteiger partial charge in [0.2, 0.25) is 5.13 Å². The molecule has 0 fully saturated rings. The molecule has 1 atom stereocenters. The number of rotatable bonds is 3. The van der Waals surface area contributed by atoms with Crippen LogP contribution in [0, 0.1) is 5.92 Å². The fraction of sp³-hybridized carbons (Fsp3) is 0.429. The largest absolute Gasteiger partial charge is 0.364 e. The number of hydrogen-bond acceptors (Lipinski definition) is 5. The molecular weight excluding hydrogens is 256 g/mol. The maximum absolute atomic E-state index is 4.24. The lowest BCUT2D eigenvalue weighted by molar-refractivity contribution is 0.529. The molecule has 0 spiro atoms. The van der Waals surface area contributed by atoms with Crippen molar-refractivity contribution in [3.63, 3.8) is 0 Å². The van der Waals surface area contributed by atoms with Crippen molar-refractivity contribution in [2.45, 2.75) is 19.9 Å². The van der Waals surface area contributed by atoms with E-state index in [9.17, 15) is 0 Å². The van der Waals surface area contributed by atoms with Crippen LogP contribution in [0.25, 0.3) is 0 Å². The minimum absolute atomic E-state index is 0.687. The van der Waals surface area contributed by atoms with Crippen LogP contribution in [0.2, 0.25) is 0 Å². The molecule has 1 aliphatic heterocycles. The molecule has 2 aromatic rings. The highest BCUT2D eigenvalue weighted by Crippen LogP contribution is 2.31. The predicted molar refractivity (Wildman–Crippen MR) is 79.8 cm³/mol. The second-order valence-electron chi connectivity index (χ2n) is 5.07. The Bertz CT molecular complexity index is 566. The predicted octanol–water partition coefficient (Wildman–Crippen LogP) is 2.78. The summed E-state index contributed by atoms with van der Waals surface area (Å²) in [6.07, 6.45) is 1.17. The van der Waals surface area contributed by atoms with E-state index in [0.717, 1.165) is 23.2 Å². The summed E-state index contributed by atoms with van der Waals surface area (Å²) < 4.78 is 0. The van der Waals surface area contributed by atoms with Crippen molar-refractivity contribution >= 4 is 22.2 Å².